The van der Waals surface area contributed by atoms with Gasteiger partial charge in [0.15, 0.2) is 0 Å². The van der Waals surface area contributed by atoms with Gasteiger partial charge in [-0.1, -0.05) is 24.6 Å². The number of hydrogen-bond acceptors (Lipinski definition) is 7. The summed E-state index contributed by atoms with van der Waals surface area (Å²) in [6.07, 6.45) is 3.75. The maximum atomic E-state index is 13.4. The van der Waals surface area contributed by atoms with Crippen molar-refractivity contribution in [2.75, 3.05) is 18.4 Å². The maximum absolute atomic E-state index is 13.4. The summed E-state index contributed by atoms with van der Waals surface area (Å²) in [6, 6.07) is 11.8. The van der Waals surface area contributed by atoms with E-state index < -0.39 is 41.2 Å². The number of primary sulfonamides is 1. The van der Waals surface area contributed by atoms with Gasteiger partial charge in [-0.2, -0.15) is 13.2 Å². The third-order valence-corrected chi connectivity index (χ3v) is 9.39. The van der Waals surface area contributed by atoms with Crippen molar-refractivity contribution < 1.29 is 30.0 Å². The number of nitrogens with two attached hydrogens (primary N) is 1. The van der Waals surface area contributed by atoms with Gasteiger partial charge in [-0.3, -0.25) is 4.90 Å². The van der Waals surface area contributed by atoms with Crippen LogP contribution >= 0.6 is 11.8 Å². The molecule has 0 unspecified atom stereocenters. The summed E-state index contributed by atoms with van der Waals surface area (Å²) in [6.45, 7) is 3.54. The number of halogens is 3. The quantitative estimate of drug-likeness (QED) is 0.444. The zero-order valence-corrected chi connectivity index (χ0v) is 21.5. The maximum Gasteiger partial charge on any atom is 0.501 e. The summed E-state index contributed by atoms with van der Waals surface area (Å²) >= 11 is 1.65. The molecule has 3 rings (SSSR count). The van der Waals surface area contributed by atoms with Crippen molar-refractivity contribution in [2.24, 2.45) is 5.14 Å². The van der Waals surface area contributed by atoms with Gasteiger partial charge in [0.1, 0.15) is 4.90 Å². The number of thioether (sulfide) groups is 1. The fourth-order valence-corrected chi connectivity index (χ4v) is 6.84. The Morgan fingerprint density at radius 2 is 1.66 bits per heavy atom. The second-order valence-electron chi connectivity index (χ2n) is 8.42. The minimum atomic E-state index is -5.83. The highest BCUT2D eigenvalue weighted by Gasteiger charge is 2.48. The highest BCUT2D eigenvalue weighted by atomic mass is 32.2. The van der Waals surface area contributed by atoms with Crippen molar-refractivity contribution in [1.82, 2.24) is 4.90 Å². The molecule has 0 bridgehead atoms. The largest absolute Gasteiger partial charge is 0.501 e. The zero-order chi connectivity index (χ0) is 25.9. The number of sulfonamides is 1. The van der Waals surface area contributed by atoms with Gasteiger partial charge >= 0.3 is 5.51 Å². The Kier molecular flexibility index (Phi) is 8.79. The fourth-order valence-electron chi connectivity index (χ4n) is 3.91. The van der Waals surface area contributed by atoms with Gasteiger partial charge in [-0.15, -0.1) is 11.8 Å². The summed E-state index contributed by atoms with van der Waals surface area (Å²) in [5.74, 6) is 0. The van der Waals surface area contributed by atoms with Gasteiger partial charge in [0.05, 0.1) is 16.0 Å². The number of likely N-dealkylation sites (tertiary alicyclic amines) is 1. The van der Waals surface area contributed by atoms with Crippen LogP contribution in [-0.4, -0.2) is 51.7 Å². The van der Waals surface area contributed by atoms with Crippen LogP contribution < -0.4 is 10.5 Å². The molecular weight excluding hydrogens is 523 g/mol. The normalized spacial score (nSPS) is 17.6. The molecule has 2 aromatic rings. The van der Waals surface area contributed by atoms with Crippen LogP contribution in [0.5, 0.6) is 0 Å². The van der Waals surface area contributed by atoms with Gasteiger partial charge in [-0.25, -0.2) is 22.0 Å². The lowest BCUT2D eigenvalue weighted by atomic mass is 10.1. The van der Waals surface area contributed by atoms with E-state index in [9.17, 15) is 30.0 Å². The van der Waals surface area contributed by atoms with Crippen LogP contribution in [0, 0.1) is 0 Å². The lowest BCUT2D eigenvalue weighted by Crippen LogP contribution is -2.40. The summed E-state index contributed by atoms with van der Waals surface area (Å²) in [7, 11) is -10.2. The van der Waals surface area contributed by atoms with Crippen LogP contribution in [0.2, 0.25) is 0 Å². The predicted molar refractivity (Wildman–Crippen MR) is 130 cm³/mol. The van der Waals surface area contributed by atoms with Crippen LogP contribution in [0.4, 0.5) is 18.9 Å². The molecule has 0 radical (unpaired) electrons. The van der Waals surface area contributed by atoms with Gasteiger partial charge in [0.2, 0.25) is 10.0 Å². The lowest BCUT2D eigenvalue weighted by molar-refractivity contribution is -0.0435. The Balaban J connectivity index is 1.89. The Labute approximate surface area is 208 Å². The Morgan fingerprint density at radius 1 is 1.03 bits per heavy atom. The molecule has 1 heterocycles. The number of piperidine rings is 1. The number of sulfone groups is 1. The smallest absolute Gasteiger partial charge is 0.381 e. The molecule has 2 aromatic carbocycles. The van der Waals surface area contributed by atoms with Crippen molar-refractivity contribution in [3.63, 3.8) is 0 Å². The van der Waals surface area contributed by atoms with Crippen molar-refractivity contribution >= 4 is 37.3 Å². The third kappa shape index (κ3) is 7.13. The first kappa shape index (κ1) is 27.8. The lowest BCUT2D eigenvalue weighted by Gasteiger charge is -2.36. The van der Waals surface area contributed by atoms with Crippen LogP contribution in [-0.2, 0) is 19.9 Å². The summed E-state index contributed by atoms with van der Waals surface area (Å²) in [5, 5.41) is 7.89. The molecule has 1 fully saturated rings. The van der Waals surface area contributed by atoms with Crippen LogP contribution in [0.3, 0.4) is 0 Å². The molecule has 0 spiro atoms. The molecule has 2 atom stereocenters. The minimum absolute atomic E-state index is 0.00608. The van der Waals surface area contributed by atoms with Crippen LogP contribution in [0.1, 0.15) is 32.6 Å². The van der Waals surface area contributed by atoms with E-state index in [1.165, 1.54) is 0 Å². The fraction of sp³-hybridized carbons (Fsp3) is 0.455. The first-order valence-corrected chi connectivity index (χ1v) is 14.9. The van der Waals surface area contributed by atoms with Crippen LogP contribution in [0.15, 0.2) is 63.2 Å². The second-order valence-corrected chi connectivity index (χ2v) is 13.1. The molecule has 0 saturated carbocycles. The molecule has 7 nitrogen and oxygen atoms in total. The molecule has 35 heavy (non-hydrogen) atoms. The number of nitrogens with zero attached hydrogens (tertiary/aromatic N) is 1. The standard InChI is InChI=1S/C22H28F3N3O4S3/c1-16(14-21(28-12-6-3-7-13-28)33-17-8-4-2-5-9-17)27-19-11-10-18(35(26,31)32)15-20(19)34(29,30)22(23,24)25/h2,4-5,8-11,15-16,21,27H,3,6-7,12-14H2,1H3,(H2,26,31,32)/t16-,21+/m1/s1. The summed E-state index contributed by atoms with van der Waals surface area (Å²) in [5.41, 5.74) is -5.94. The van der Waals surface area contributed by atoms with E-state index in [1.807, 2.05) is 30.3 Å². The van der Waals surface area contributed by atoms with E-state index in [-0.39, 0.29) is 11.1 Å². The van der Waals surface area contributed by atoms with Crippen LogP contribution in [0.25, 0.3) is 0 Å². The Bertz CT molecular complexity index is 1220. The molecule has 3 N–H and O–H groups in total. The monoisotopic (exact) mass is 551 g/mol. The highest BCUT2D eigenvalue weighted by Crippen LogP contribution is 2.37. The Hall–Kier alpha value is -1.80. The van der Waals surface area contributed by atoms with E-state index in [1.54, 1.807) is 18.7 Å². The number of alkyl halides is 3. The molecule has 1 saturated heterocycles. The van der Waals surface area contributed by atoms with E-state index in [0.29, 0.717) is 12.5 Å². The van der Waals surface area contributed by atoms with Gasteiger partial charge in [-0.05, 0) is 69.6 Å². The molecule has 0 aliphatic carbocycles. The van der Waals surface area contributed by atoms with Crippen molar-refractivity contribution in [3.05, 3.63) is 48.5 Å². The van der Waals surface area contributed by atoms with Crippen molar-refractivity contribution in [3.8, 4) is 0 Å². The molecular formula is C22H28F3N3O4S3. The third-order valence-electron chi connectivity index (χ3n) is 5.65. The van der Waals surface area contributed by atoms with Crippen molar-refractivity contribution in [1.29, 1.82) is 0 Å². The van der Waals surface area contributed by atoms with Gasteiger partial charge in [0.25, 0.3) is 9.84 Å². The first-order valence-electron chi connectivity index (χ1n) is 11.0. The average Bonchev–Trinajstić information content (AvgIpc) is 2.78. The molecule has 1 aliphatic heterocycles. The second kappa shape index (κ2) is 11.1. The van der Waals surface area contributed by atoms with E-state index in [2.05, 4.69) is 10.2 Å². The SMILES string of the molecule is C[C@H](C[C@H](Sc1ccccc1)N1CCCCC1)Nc1ccc(S(N)(=O)=O)cc1S(=O)(=O)C(F)(F)F. The minimum Gasteiger partial charge on any atom is -0.381 e. The van der Waals surface area contributed by atoms with E-state index in [4.69, 9.17) is 5.14 Å². The van der Waals surface area contributed by atoms with Gasteiger partial charge < -0.3 is 5.32 Å². The van der Waals surface area contributed by atoms with E-state index in [0.717, 1.165) is 49.4 Å². The summed E-state index contributed by atoms with van der Waals surface area (Å²) < 4.78 is 87.9. The number of benzene rings is 2. The predicted octanol–water partition coefficient (Wildman–Crippen LogP) is 4.42. The number of hydrogen-bond donors (Lipinski definition) is 2. The Morgan fingerprint density at radius 3 is 2.23 bits per heavy atom. The average molecular weight is 552 g/mol. The molecule has 1 aliphatic rings. The number of rotatable bonds is 9. The van der Waals surface area contributed by atoms with E-state index >= 15 is 0 Å². The molecule has 0 aromatic heterocycles. The van der Waals surface area contributed by atoms with Gasteiger partial charge in [0, 0.05) is 10.9 Å². The number of nitrogens with one attached hydrogen (secondary N) is 1. The molecule has 194 valence electrons. The van der Waals surface area contributed by atoms with Crippen molar-refractivity contribution in [2.45, 2.75) is 64.2 Å². The summed E-state index contributed by atoms with van der Waals surface area (Å²) in [4.78, 5) is 1.49. The number of anilines is 1. The highest BCUT2D eigenvalue weighted by molar-refractivity contribution is 7.99. The molecule has 13 heteroatoms. The zero-order valence-electron chi connectivity index (χ0n) is 19.0. The topological polar surface area (TPSA) is 110 Å². The first-order chi connectivity index (χ1) is 16.3. The molecule has 0 amide bonds.